The summed E-state index contributed by atoms with van der Waals surface area (Å²) in [7, 11) is 0. The van der Waals surface area contributed by atoms with Crippen LogP contribution in [0.1, 0.15) is 37.4 Å². The van der Waals surface area contributed by atoms with Crippen LogP contribution in [0.4, 0.5) is 4.79 Å². The number of amides is 2. The van der Waals surface area contributed by atoms with E-state index in [1.165, 1.54) is 6.42 Å². The van der Waals surface area contributed by atoms with Crippen molar-refractivity contribution in [1.82, 2.24) is 15.2 Å². The summed E-state index contributed by atoms with van der Waals surface area (Å²) < 4.78 is 5.55. The standard InChI is InChI=1S/C14H19N3O2/c18-14(17-8-2-1-3-9-17)16-11-6-10-19-12-5-4-7-15-13(11)12/h4-5,7,11H,1-3,6,8-10H2,(H,16,18). The van der Waals surface area contributed by atoms with Crippen molar-refractivity contribution in [1.29, 1.82) is 0 Å². The first kappa shape index (κ1) is 12.3. The van der Waals surface area contributed by atoms with Gasteiger partial charge in [-0.25, -0.2) is 4.79 Å². The Hall–Kier alpha value is -1.78. The number of hydrogen-bond donors (Lipinski definition) is 1. The fraction of sp³-hybridized carbons (Fsp3) is 0.571. The fourth-order valence-corrected chi connectivity index (χ4v) is 2.69. The normalized spacial score (nSPS) is 22.3. The van der Waals surface area contributed by atoms with E-state index in [1.54, 1.807) is 6.20 Å². The first-order valence-corrected chi connectivity index (χ1v) is 6.98. The number of carbonyl (C=O) groups is 1. The quantitative estimate of drug-likeness (QED) is 0.842. The third-order valence-electron chi connectivity index (χ3n) is 3.73. The summed E-state index contributed by atoms with van der Waals surface area (Å²) in [6.07, 6.45) is 5.97. The molecule has 0 aliphatic carbocycles. The highest BCUT2D eigenvalue weighted by atomic mass is 16.5. The second-order valence-electron chi connectivity index (χ2n) is 5.07. The fourth-order valence-electron chi connectivity index (χ4n) is 2.69. The van der Waals surface area contributed by atoms with Crippen LogP contribution >= 0.6 is 0 Å². The maximum Gasteiger partial charge on any atom is 0.317 e. The van der Waals surface area contributed by atoms with Crippen molar-refractivity contribution in [3.8, 4) is 5.75 Å². The van der Waals surface area contributed by atoms with Crippen molar-refractivity contribution < 1.29 is 9.53 Å². The molecule has 0 radical (unpaired) electrons. The highest BCUT2D eigenvalue weighted by Crippen LogP contribution is 2.29. The highest BCUT2D eigenvalue weighted by Gasteiger charge is 2.26. The third-order valence-corrected chi connectivity index (χ3v) is 3.73. The summed E-state index contributed by atoms with van der Waals surface area (Å²) in [5, 5.41) is 3.09. The number of urea groups is 1. The molecule has 1 fully saturated rings. The van der Waals surface area contributed by atoms with Crippen LogP contribution in [0.5, 0.6) is 5.75 Å². The largest absolute Gasteiger partial charge is 0.491 e. The molecule has 2 aliphatic rings. The molecule has 1 N–H and O–H groups in total. The van der Waals surface area contributed by atoms with Crippen LogP contribution in [0.15, 0.2) is 18.3 Å². The molecule has 5 nitrogen and oxygen atoms in total. The van der Waals surface area contributed by atoms with Crippen molar-refractivity contribution in [3.05, 3.63) is 24.0 Å². The summed E-state index contributed by atoms with van der Waals surface area (Å²) in [6, 6.07) is 3.76. The zero-order valence-electron chi connectivity index (χ0n) is 11.0. The van der Waals surface area contributed by atoms with E-state index in [0.717, 1.165) is 43.8 Å². The van der Waals surface area contributed by atoms with Crippen molar-refractivity contribution in [2.45, 2.75) is 31.7 Å². The van der Waals surface area contributed by atoms with E-state index in [2.05, 4.69) is 10.3 Å². The number of pyridine rings is 1. The molecule has 1 unspecified atom stereocenters. The van der Waals surface area contributed by atoms with Gasteiger partial charge in [-0.05, 0) is 31.4 Å². The van der Waals surface area contributed by atoms with Crippen molar-refractivity contribution in [3.63, 3.8) is 0 Å². The van der Waals surface area contributed by atoms with Crippen LogP contribution in [0.25, 0.3) is 0 Å². The topological polar surface area (TPSA) is 54.5 Å². The zero-order chi connectivity index (χ0) is 13.1. The van der Waals surface area contributed by atoms with Crippen molar-refractivity contribution in [2.24, 2.45) is 0 Å². The smallest absolute Gasteiger partial charge is 0.317 e. The number of rotatable bonds is 1. The molecule has 1 aromatic heterocycles. The predicted octanol–water partition coefficient (Wildman–Crippen LogP) is 2.10. The van der Waals surface area contributed by atoms with Gasteiger partial charge < -0.3 is 15.0 Å². The van der Waals surface area contributed by atoms with Gasteiger partial charge in [0.2, 0.25) is 0 Å². The van der Waals surface area contributed by atoms with Crippen molar-refractivity contribution in [2.75, 3.05) is 19.7 Å². The molecule has 1 saturated heterocycles. The van der Waals surface area contributed by atoms with Crippen LogP contribution in [-0.4, -0.2) is 35.6 Å². The molecule has 19 heavy (non-hydrogen) atoms. The van der Waals surface area contributed by atoms with Gasteiger partial charge in [0.1, 0.15) is 11.4 Å². The molecule has 2 amide bonds. The van der Waals surface area contributed by atoms with Crippen LogP contribution in [-0.2, 0) is 0 Å². The van der Waals surface area contributed by atoms with Gasteiger partial charge >= 0.3 is 6.03 Å². The molecular weight excluding hydrogens is 242 g/mol. The molecule has 1 aromatic rings. The SMILES string of the molecule is O=C(NC1CCOc2cccnc21)N1CCCCC1. The first-order valence-electron chi connectivity index (χ1n) is 6.98. The lowest BCUT2D eigenvalue weighted by molar-refractivity contribution is 0.175. The van der Waals surface area contributed by atoms with Crippen LogP contribution < -0.4 is 10.1 Å². The Bertz CT molecular complexity index is 458. The minimum Gasteiger partial charge on any atom is -0.491 e. The molecule has 0 saturated carbocycles. The Morgan fingerprint density at radius 3 is 3.05 bits per heavy atom. The molecule has 102 valence electrons. The number of nitrogens with one attached hydrogen (secondary N) is 1. The lowest BCUT2D eigenvalue weighted by Crippen LogP contribution is -2.45. The van der Waals surface area contributed by atoms with Gasteiger partial charge in [-0.15, -0.1) is 0 Å². The van der Waals surface area contributed by atoms with Gasteiger partial charge in [-0.3, -0.25) is 4.98 Å². The number of nitrogens with zero attached hydrogens (tertiary/aromatic N) is 2. The van der Waals surface area contributed by atoms with Gasteiger partial charge in [-0.2, -0.15) is 0 Å². The minimum atomic E-state index is -0.0284. The van der Waals surface area contributed by atoms with E-state index in [9.17, 15) is 4.79 Å². The number of likely N-dealkylation sites (tertiary alicyclic amines) is 1. The minimum absolute atomic E-state index is 0.0284. The second-order valence-corrected chi connectivity index (χ2v) is 5.07. The molecule has 5 heteroatoms. The molecule has 3 rings (SSSR count). The van der Waals surface area contributed by atoms with Crippen LogP contribution in [0.3, 0.4) is 0 Å². The Kier molecular flexibility index (Phi) is 3.53. The zero-order valence-corrected chi connectivity index (χ0v) is 11.0. The van der Waals surface area contributed by atoms with Crippen molar-refractivity contribution >= 4 is 6.03 Å². The Balaban J connectivity index is 1.68. The average Bonchev–Trinajstić information content (AvgIpc) is 2.48. The van der Waals surface area contributed by atoms with Crippen LogP contribution in [0.2, 0.25) is 0 Å². The Morgan fingerprint density at radius 2 is 2.21 bits per heavy atom. The molecular formula is C14H19N3O2. The molecule has 3 heterocycles. The lowest BCUT2D eigenvalue weighted by atomic mass is 10.1. The third kappa shape index (κ3) is 2.64. The van der Waals surface area contributed by atoms with E-state index in [0.29, 0.717) is 6.61 Å². The van der Waals surface area contributed by atoms with Gasteiger partial charge in [0, 0.05) is 25.7 Å². The van der Waals surface area contributed by atoms with Gasteiger partial charge in [0.05, 0.1) is 12.6 Å². The molecule has 0 aromatic carbocycles. The molecule has 1 atom stereocenters. The maximum atomic E-state index is 12.2. The summed E-state index contributed by atoms with van der Waals surface area (Å²) >= 11 is 0. The van der Waals surface area contributed by atoms with Gasteiger partial charge in [-0.1, -0.05) is 0 Å². The first-order chi connectivity index (χ1) is 9.34. The summed E-state index contributed by atoms with van der Waals surface area (Å²) in [5.41, 5.74) is 0.846. The molecule has 0 bridgehead atoms. The summed E-state index contributed by atoms with van der Waals surface area (Å²) in [6.45, 7) is 2.36. The molecule has 2 aliphatic heterocycles. The van der Waals surface area contributed by atoms with Gasteiger partial charge in [0.25, 0.3) is 0 Å². The van der Waals surface area contributed by atoms with E-state index in [4.69, 9.17) is 4.74 Å². The van der Waals surface area contributed by atoms with E-state index >= 15 is 0 Å². The second kappa shape index (κ2) is 5.47. The Labute approximate surface area is 113 Å². The number of fused-ring (bicyclic) bond motifs is 1. The monoisotopic (exact) mass is 261 g/mol. The van der Waals surface area contributed by atoms with Gasteiger partial charge in [0.15, 0.2) is 0 Å². The number of carbonyl (C=O) groups excluding carboxylic acids is 1. The summed E-state index contributed by atoms with van der Waals surface area (Å²) in [4.78, 5) is 18.5. The number of ether oxygens (including phenoxy) is 1. The average molecular weight is 261 g/mol. The predicted molar refractivity (Wildman–Crippen MR) is 71.0 cm³/mol. The summed E-state index contributed by atoms with van der Waals surface area (Å²) in [5.74, 6) is 0.790. The maximum absolute atomic E-state index is 12.2. The number of piperidine rings is 1. The Morgan fingerprint density at radius 1 is 1.37 bits per heavy atom. The number of hydrogen-bond acceptors (Lipinski definition) is 3. The van der Waals surface area contributed by atoms with Crippen LogP contribution in [0, 0.1) is 0 Å². The number of aromatic nitrogens is 1. The molecule has 0 spiro atoms. The van der Waals surface area contributed by atoms with E-state index in [1.807, 2.05) is 17.0 Å². The van der Waals surface area contributed by atoms with E-state index < -0.39 is 0 Å². The highest BCUT2D eigenvalue weighted by molar-refractivity contribution is 5.74. The lowest BCUT2D eigenvalue weighted by Gasteiger charge is -2.31. The van der Waals surface area contributed by atoms with E-state index in [-0.39, 0.29) is 12.1 Å².